The first kappa shape index (κ1) is 14.6. The van der Waals surface area contributed by atoms with E-state index in [1.54, 1.807) is 0 Å². The highest BCUT2D eigenvalue weighted by molar-refractivity contribution is 7.96. The number of rotatable bonds is 3. The summed E-state index contributed by atoms with van der Waals surface area (Å²) in [6, 6.07) is 2.56. The molecule has 1 aromatic rings. The molecule has 0 saturated carbocycles. The topological polar surface area (TPSA) is 73.6 Å². The molecule has 1 heterocycles. The van der Waals surface area contributed by atoms with Gasteiger partial charge in [0.25, 0.3) is 3.12 Å². The monoisotopic (exact) mass is 320 g/mol. The number of furan rings is 1. The maximum atomic E-state index is 11.5. The van der Waals surface area contributed by atoms with Crippen LogP contribution in [0, 0.1) is 0 Å². The van der Waals surface area contributed by atoms with Crippen LogP contribution >= 0.6 is 34.8 Å². The summed E-state index contributed by atoms with van der Waals surface area (Å²) in [4.78, 5) is 11.0. The average Bonchev–Trinajstić information content (AvgIpc) is 2.62. The van der Waals surface area contributed by atoms with Crippen LogP contribution in [0.5, 0.6) is 0 Å². The summed E-state index contributed by atoms with van der Waals surface area (Å²) in [5.74, 6) is -1.48. The van der Waals surface area contributed by atoms with E-state index in [-0.39, 0.29) is 11.5 Å². The van der Waals surface area contributed by atoms with Gasteiger partial charge in [-0.2, -0.15) is 0 Å². The minimum Gasteiger partial charge on any atom is -0.463 e. The second-order valence-electron chi connectivity index (χ2n) is 2.96. The number of carbonyl (C=O) groups excluding carboxylic acids is 1. The molecular formula is C8H7Cl3O5S. The molecule has 0 unspecified atom stereocenters. The van der Waals surface area contributed by atoms with E-state index in [0.29, 0.717) is 0 Å². The molecule has 1 rings (SSSR count). The lowest BCUT2D eigenvalue weighted by Gasteiger charge is -2.10. The second kappa shape index (κ2) is 5.06. The van der Waals surface area contributed by atoms with E-state index < -0.39 is 24.7 Å². The van der Waals surface area contributed by atoms with Gasteiger partial charge in [0.1, 0.15) is 11.5 Å². The van der Waals surface area contributed by atoms with Gasteiger partial charge in [-0.05, 0) is 12.1 Å². The van der Waals surface area contributed by atoms with Crippen molar-refractivity contribution in [3.8, 4) is 0 Å². The molecule has 0 saturated heterocycles. The van der Waals surface area contributed by atoms with E-state index >= 15 is 0 Å². The Morgan fingerprint density at radius 1 is 1.41 bits per heavy atom. The van der Waals surface area contributed by atoms with Gasteiger partial charge in [-0.3, -0.25) is 0 Å². The van der Waals surface area contributed by atoms with Crippen LogP contribution in [0.1, 0.15) is 16.3 Å². The van der Waals surface area contributed by atoms with Gasteiger partial charge in [0.05, 0.1) is 7.11 Å². The van der Waals surface area contributed by atoms with Gasteiger partial charge in [-0.15, -0.1) is 0 Å². The lowest BCUT2D eigenvalue weighted by Crippen LogP contribution is -2.21. The molecule has 0 radical (unpaired) electrons. The maximum Gasteiger partial charge on any atom is 0.373 e. The molecule has 0 aliphatic carbocycles. The first-order valence-corrected chi connectivity index (χ1v) is 6.92. The largest absolute Gasteiger partial charge is 0.463 e. The van der Waals surface area contributed by atoms with Crippen molar-refractivity contribution in [2.45, 2.75) is 8.88 Å². The zero-order chi connectivity index (χ0) is 13.3. The molecule has 0 N–H and O–H groups in total. The van der Waals surface area contributed by atoms with Crippen LogP contribution in [0.2, 0.25) is 0 Å². The van der Waals surface area contributed by atoms with Gasteiger partial charge in [0.2, 0.25) is 15.6 Å². The molecule has 0 bridgehead atoms. The van der Waals surface area contributed by atoms with Crippen LogP contribution in [0.15, 0.2) is 16.5 Å². The number of ether oxygens (including phenoxy) is 1. The summed E-state index contributed by atoms with van der Waals surface area (Å²) in [6.07, 6.45) is 0. The van der Waals surface area contributed by atoms with Gasteiger partial charge in [-0.1, -0.05) is 34.8 Å². The van der Waals surface area contributed by atoms with Crippen LogP contribution in [0.3, 0.4) is 0 Å². The van der Waals surface area contributed by atoms with Crippen molar-refractivity contribution in [1.82, 2.24) is 0 Å². The first-order chi connectivity index (χ1) is 7.67. The highest BCUT2D eigenvalue weighted by Gasteiger charge is 2.38. The minimum atomic E-state index is -4.02. The Hall–Kier alpha value is -0.430. The predicted octanol–water partition coefficient (Wildman–Crippen LogP) is 2.31. The van der Waals surface area contributed by atoms with Crippen LogP contribution in [-0.4, -0.2) is 24.6 Å². The summed E-state index contributed by atoms with van der Waals surface area (Å²) in [6.45, 7) is 0. The van der Waals surface area contributed by atoms with E-state index in [9.17, 15) is 13.2 Å². The summed E-state index contributed by atoms with van der Waals surface area (Å²) >= 11 is 15.8. The Morgan fingerprint density at radius 2 is 2.00 bits per heavy atom. The normalized spacial score (nSPS) is 12.5. The standard InChI is InChI=1S/C8H7Cl3O5S/c1-15-7(12)6-3-2-5(16-6)4-17(13,14)8(9,10)11/h2-3H,4H2,1H3. The van der Waals surface area contributed by atoms with E-state index in [0.717, 1.165) is 0 Å². The number of halogens is 3. The number of esters is 1. The lowest BCUT2D eigenvalue weighted by molar-refractivity contribution is 0.0563. The zero-order valence-corrected chi connectivity index (χ0v) is 11.5. The molecule has 0 aliphatic rings. The molecule has 1 aromatic heterocycles. The molecule has 0 atom stereocenters. The predicted molar refractivity (Wildman–Crippen MR) is 63.0 cm³/mol. The molecule has 9 heteroatoms. The smallest absolute Gasteiger partial charge is 0.373 e. The van der Waals surface area contributed by atoms with Crippen molar-refractivity contribution in [3.63, 3.8) is 0 Å². The summed E-state index contributed by atoms with van der Waals surface area (Å²) in [5, 5.41) is 0. The Morgan fingerprint density at radius 3 is 2.47 bits per heavy atom. The first-order valence-electron chi connectivity index (χ1n) is 4.13. The quantitative estimate of drug-likeness (QED) is 0.631. The Labute approximate surface area is 112 Å². The van der Waals surface area contributed by atoms with Crippen molar-refractivity contribution in [1.29, 1.82) is 0 Å². The van der Waals surface area contributed by atoms with Gasteiger partial charge < -0.3 is 9.15 Å². The fraction of sp³-hybridized carbons (Fsp3) is 0.375. The van der Waals surface area contributed by atoms with Crippen molar-refractivity contribution < 1.29 is 22.4 Å². The van der Waals surface area contributed by atoms with E-state index in [1.165, 1.54) is 19.2 Å². The molecule has 17 heavy (non-hydrogen) atoms. The van der Waals surface area contributed by atoms with Gasteiger partial charge in [0.15, 0.2) is 0 Å². The Bertz CT molecular complexity index is 514. The third-order valence-electron chi connectivity index (χ3n) is 1.73. The molecule has 96 valence electrons. The van der Waals surface area contributed by atoms with Crippen LogP contribution in [-0.2, 0) is 20.3 Å². The van der Waals surface area contributed by atoms with Crippen molar-refractivity contribution >= 4 is 50.6 Å². The average molecular weight is 322 g/mol. The van der Waals surface area contributed by atoms with E-state index in [1.807, 2.05) is 0 Å². The van der Waals surface area contributed by atoms with E-state index in [4.69, 9.17) is 39.2 Å². The number of hydrogen-bond donors (Lipinski definition) is 0. The molecule has 5 nitrogen and oxygen atoms in total. The number of alkyl halides is 3. The number of methoxy groups -OCH3 is 1. The van der Waals surface area contributed by atoms with Gasteiger partial charge in [-0.25, -0.2) is 13.2 Å². The second-order valence-corrected chi connectivity index (χ2v) is 8.05. The summed E-state index contributed by atoms with van der Waals surface area (Å²) in [5.41, 5.74) is 0. The third kappa shape index (κ3) is 3.51. The highest BCUT2D eigenvalue weighted by Crippen LogP contribution is 2.35. The van der Waals surface area contributed by atoms with Gasteiger partial charge >= 0.3 is 5.97 Å². The molecule has 0 amide bonds. The zero-order valence-electron chi connectivity index (χ0n) is 8.45. The molecule has 0 aromatic carbocycles. The van der Waals surface area contributed by atoms with Crippen LogP contribution in [0.4, 0.5) is 0 Å². The summed E-state index contributed by atoms with van der Waals surface area (Å²) < 4.78 is 29.9. The SMILES string of the molecule is COC(=O)c1ccc(CS(=O)(=O)C(Cl)(Cl)Cl)o1. The number of carbonyl (C=O) groups is 1. The minimum absolute atomic E-state index is 0.0169. The van der Waals surface area contributed by atoms with Gasteiger partial charge in [0, 0.05) is 0 Å². The molecule has 0 aliphatic heterocycles. The fourth-order valence-corrected chi connectivity index (χ4v) is 2.12. The highest BCUT2D eigenvalue weighted by atomic mass is 35.6. The van der Waals surface area contributed by atoms with Crippen LogP contribution < -0.4 is 0 Å². The third-order valence-corrected chi connectivity index (χ3v) is 5.22. The number of sulfone groups is 1. The van der Waals surface area contributed by atoms with Crippen molar-refractivity contribution in [2.75, 3.05) is 7.11 Å². The molecular weight excluding hydrogens is 315 g/mol. The molecule has 0 fully saturated rings. The fourth-order valence-electron chi connectivity index (χ4n) is 0.935. The van der Waals surface area contributed by atoms with Crippen LogP contribution in [0.25, 0.3) is 0 Å². The number of hydrogen-bond acceptors (Lipinski definition) is 5. The van der Waals surface area contributed by atoms with Crippen molar-refractivity contribution in [2.24, 2.45) is 0 Å². The summed E-state index contributed by atoms with van der Waals surface area (Å²) in [7, 11) is -2.85. The Kier molecular flexibility index (Phi) is 4.35. The van der Waals surface area contributed by atoms with E-state index in [2.05, 4.69) is 4.74 Å². The maximum absolute atomic E-state index is 11.5. The lowest BCUT2D eigenvalue weighted by atomic mass is 10.4. The molecule has 0 spiro atoms. The Balaban J connectivity index is 2.91. The van der Waals surface area contributed by atoms with Crippen molar-refractivity contribution in [3.05, 3.63) is 23.7 Å².